The number of carbonyl (C=O) groups is 1. The minimum atomic E-state index is -4.20. The summed E-state index contributed by atoms with van der Waals surface area (Å²) in [5.74, 6) is -0.774. The molecule has 0 atom stereocenters. The fraction of sp³-hybridized carbons (Fsp3) is 0. The van der Waals surface area contributed by atoms with E-state index in [-0.39, 0.29) is 10.5 Å². The molecule has 0 heterocycles. The van der Waals surface area contributed by atoms with Crippen LogP contribution in [0.5, 0.6) is 0 Å². The van der Waals surface area contributed by atoms with Crippen molar-refractivity contribution >= 4 is 26.6 Å². The van der Waals surface area contributed by atoms with Crippen LogP contribution in [0.15, 0.2) is 11.5 Å². The zero-order valence-corrected chi connectivity index (χ0v) is 7.96. The van der Waals surface area contributed by atoms with Gasteiger partial charge in [-0.3, -0.25) is 4.55 Å². The highest BCUT2D eigenvalue weighted by Crippen LogP contribution is 1.85. The molecule has 0 fully saturated rings. The molecule has 0 saturated carbocycles. The van der Waals surface area contributed by atoms with E-state index in [2.05, 4.69) is 4.43 Å². The lowest BCUT2D eigenvalue weighted by molar-refractivity contribution is -0.128. The van der Waals surface area contributed by atoms with Gasteiger partial charge in [-0.25, -0.2) is 4.79 Å². The number of hydrogen-bond acceptors (Lipinski definition) is 4. The van der Waals surface area contributed by atoms with Crippen LogP contribution in [-0.2, 0) is 19.3 Å². The van der Waals surface area contributed by atoms with Gasteiger partial charge in [0, 0.05) is 6.08 Å². The second-order valence-electron chi connectivity index (χ2n) is 1.34. The molecule has 10 heavy (non-hydrogen) atoms. The summed E-state index contributed by atoms with van der Waals surface area (Å²) in [4.78, 5) is 10.2. The molecule has 0 rings (SSSR count). The Hall–Kier alpha value is -0.663. The van der Waals surface area contributed by atoms with Crippen molar-refractivity contribution in [2.24, 2.45) is 0 Å². The zero-order chi connectivity index (χ0) is 8.20. The Kier molecular flexibility index (Phi) is 3.26. The van der Waals surface area contributed by atoms with E-state index in [9.17, 15) is 13.2 Å². The molecule has 0 spiro atoms. The molecule has 0 saturated heterocycles. The van der Waals surface area contributed by atoms with Gasteiger partial charge in [0.05, 0.1) is 5.41 Å². The monoisotopic (exact) mass is 182 g/mol. The van der Waals surface area contributed by atoms with Gasteiger partial charge >= 0.3 is 5.97 Å². The van der Waals surface area contributed by atoms with Crippen molar-refractivity contribution < 1.29 is 22.2 Å². The summed E-state index contributed by atoms with van der Waals surface area (Å²) in [5, 5.41) is 0.368. The third-order valence-electron chi connectivity index (χ3n) is 0.577. The van der Waals surface area contributed by atoms with Crippen molar-refractivity contribution in [1.82, 2.24) is 0 Å². The lowest BCUT2D eigenvalue weighted by Gasteiger charge is -1.88. The molecular weight excluding hydrogens is 176 g/mol. The maximum absolute atomic E-state index is 10.2. The average molecular weight is 182 g/mol. The minimum absolute atomic E-state index is 0.197. The molecule has 0 unspecified atom stereocenters. The van der Waals surface area contributed by atoms with E-state index in [0.29, 0.717) is 11.5 Å². The second-order valence-corrected chi connectivity index (χ2v) is 3.05. The summed E-state index contributed by atoms with van der Waals surface area (Å²) in [6.45, 7) is 0. The van der Waals surface area contributed by atoms with Crippen LogP contribution in [0.1, 0.15) is 0 Å². The Balaban J connectivity index is 4.15. The van der Waals surface area contributed by atoms with Crippen LogP contribution < -0.4 is 0 Å². The van der Waals surface area contributed by atoms with Crippen LogP contribution in [-0.4, -0.2) is 29.4 Å². The van der Waals surface area contributed by atoms with E-state index in [1.165, 1.54) is 0 Å². The normalized spacial score (nSPS) is 12.1. The van der Waals surface area contributed by atoms with Crippen LogP contribution in [0.4, 0.5) is 0 Å². The van der Waals surface area contributed by atoms with E-state index < -0.39 is 16.1 Å². The fourth-order valence-electron chi connectivity index (χ4n) is 0.210. The molecule has 0 aliphatic rings. The van der Waals surface area contributed by atoms with Crippen molar-refractivity contribution in [3.05, 3.63) is 11.5 Å². The van der Waals surface area contributed by atoms with Gasteiger partial charge in [-0.1, -0.05) is 0 Å². The molecule has 0 aliphatic carbocycles. The average Bonchev–Trinajstić information content (AvgIpc) is 1.81. The Morgan fingerprint density at radius 1 is 1.60 bits per heavy atom. The largest absolute Gasteiger partial charge is 0.526 e. The minimum Gasteiger partial charge on any atom is -0.526 e. The fourth-order valence-corrected chi connectivity index (χ4v) is 0.629. The predicted octanol–water partition coefficient (Wildman–Crippen LogP) is -1.79. The Labute approximate surface area is 61.0 Å². The number of carbonyl (C=O) groups excluding carboxylic acids is 1. The topological polar surface area (TPSA) is 80.7 Å². The van der Waals surface area contributed by atoms with Gasteiger partial charge in [0.15, 0.2) is 0 Å². The van der Waals surface area contributed by atoms with Gasteiger partial charge < -0.3 is 4.43 Å². The van der Waals surface area contributed by atoms with E-state index in [4.69, 9.17) is 4.55 Å². The van der Waals surface area contributed by atoms with Crippen LogP contribution in [0.2, 0.25) is 0 Å². The maximum atomic E-state index is 10.2. The standard InChI is InChI=1S/C3H6O5SSi/c4-3(8-10)1-2-9(5,6)7/h1-2H,10H3,(H,5,6,7). The van der Waals surface area contributed by atoms with Gasteiger partial charge in [0.1, 0.15) is 0 Å². The van der Waals surface area contributed by atoms with Crippen LogP contribution in [0.25, 0.3) is 0 Å². The van der Waals surface area contributed by atoms with E-state index in [0.717, 1.165) is 0 Å². The molecule has 0 amide bonds. The first kappa shape index (κ1) is 9.34. The predicted molar refractivity (Wildman–Crippen MR) is 36.7 cm³/mol. The summed E-state index contributed by atoms with van der Waals surface area (Å²) in [5.41, 5.74) is 0. The highest BCUT2D eigenvalue weighted by Gasteiger charge is 1.97. The van der Waals surface area contributed by atoms with Crippen molar-refractivity contribution in [2.75, 3.05) is 0 Å². The first-order chi connectivity index (χ1) is 4.45. The summed E-state index contributed by atoms with van der Waals surface area (Å²) >= 11 is 0. The zero-order valence-electron chi connectivity index (χ0n) is 5.14. The Bertz CT molecular complexity index is 240. The molecule has 1 N–H and O–H groups in total. The number of rotatable bonds is 2. The van der Waals surface area contributed by atoms with Gasteiger partial charge in [-0.15, -0.1) is 0 Å². The molecule has 0 aromatic rings. The van der Waals surface area contributed by atoms with Crippen LogP contribution in [0.3, 0.4) is 0 Å². The highest BCUT2D eigenvalue weighted by molar-refractivity contribution is 7.88. The van der Waals surface area contributed by atoms with Crippen LogP contribution >= 0.6 is 0 Å². The van der Waals surface area contributed by atoms with Crippen molar-refractivity contribution in [1.29, 1.82) is 0 Å². The smallest absolute Gasteiger partial charge is 0.317 e. The molecule has 0 radical (unpaired) electrons. The molecular formula is C3H6O5SSi. The van der Waals surface area contributed by atoms with Gasteiger partial charge in [-0.2, -0.15) is 8.42 Å². The van der Waals surface area contributed by atoms with Gasteiger partial charge in [0.2, 0.25) is 10.5 Å². The quantitative estimate of drug-likeness (QED) is 0.310. The van der Waals surface area contributed by atoms with Crippen molar-refractivity contribution in [3.8, 4) is 0 Å². The van der Waals surface area contributed by atoms with E-state index >= 15 is 0 Å². The lowest BCUT2D eigenvalue weighted by atomic mass is 10.7. The van der Waals surface area contributed by atoms with Crippen molar-refractivity contribution in [3.63, 3.8) is 0 Å². The van der Waals surface area contributed by atoms with Gasteiger partial charge in [0.25, 0.3) is 10.1 Å². The lowest BCUT2D eigenvalue weighted by Crippen LogP contribution is -1.98. The molecule has 0 aliphatic heterocycles. The van der Waals surface area contributed by atoms with Crippen molar-refractivity contribution in [2.45, 2.75) is 0 Å². The SMILES string of the molecule is O=C(C=CS(=O)(=O)O)O[SiH3]. The first-order valence-corrected chi connectivity index (χ1v) is 4.51. The van der Waals surface area contributed by atoms with Gasteiger partial charge in [-0.05, 0) is 0 Å². The second kappa shape index (κ2) is 3.49. The maximum Gasteiger partial charge on any atom is 0.317 e. The molecule has 58 valence electrons. The summed E-state index contributed by atoms with van der Waals surface area (Å²) in [6.07, 6.45) is 0.641. The first-order valence-electron chi connectivity index (χ1n) is 2.19. The molecule has 0 aromatic heterocycles. The summed E-state index contributed by atoms with van der Waals surface area (Å²) in [6, 6.07) is 0. The Morgan fingerprint density at radius 2 is 2.10 bits per heavy atom. The van der Waals surface area contributed by atoms with Crippen LogP contribution in [0, 0.1) is 0 Å². The highest BCUT2D eigenvalue weighted by atomic mass is 32.2. The van der Waals surface area contributed by atoms with E-state index in [1.807, 2.05) is 0 Å². The summed E-state index contributed by atoms with van der Waals surface area (Å²) < 4.78 is 32.1. The third-order valence-corrected chi connectivity index (χ3v) is 1.46. The molecule has 0 aromatic carbocycles. The molecule has 7 heteroatoms. The summed E-state index contributed by atoms with van der Waals surface area (Å²) in [7, 11) is -4.00. The molecule has 5 nitrogen and oxygen atoms in total. The third kappa shape index (κ3) is 5.47. The molecule has 0 bridgehead atoms. The number of hydrogen-bond donors (Lipinski definition) is 1. The Morgan fingerprint density at radius 3 is 2.40 bits per heavy atom. The van der Waals surface area contributed by atoms with E-state index in [1.54, 1.807) is 0 Å².